The molecule has 17 nitrogen and oxygen atoms in total. The Labute approximate surface area is 594 Å². The predicted octanol–water partition coefficient (Wildman–Crippen LogP) is 23.3. The molecule has 0 saturated heterocycles. The van der Waals surface area contributed by atoms with Gasteiger partial charge in [0.15, 0.2) is 12.2 Å². The number of rotatable bonds is 78. The van der Waals surface area contributed by atoms with Crippen LogP contribution in [0.15, 0.2) is 0 Å². The Hall–Kier alpha value is -1.94. The Bertz CT molecular complexity index is 1860. The summed E-state index contributed by atoms with van der Waals surface area (Å²) < 4.78 is 68.5. The van der Waals surface area contributed by atoms with Crippen molar-refractivity contribution >= 4 is 39.5 Å². The third kappa shape index (κ3) is 72.2. The summed E-state index contributed by atoms with van der Waals surface area (Å²) in [5.41, 5.74) is 0. The van der Waals surface area contributed by atoms with Crippen LogP contribution in [0.3, 0.4) is 0 Å². The number of hydrogen-bond acceptors (Lipinski definition) is 15. The number of esters is 4. The number of aliphatic hydroxyl groups is 1. The number of carbonyl (C=O) groups is 4. The fourth-order valence-electron chi connectivity index (χ4n) is 12.1. The van der Waals surface area contributed by atoms with Gasteiger partial charge in [0.1, 0.15) is 19.3 Å². The molecule has 0 aromatic heterocycles. The molecule has 0 amide bonds. The molecular weight excluding hydrogens is 1270 g/mol. The van der Waals surface area contributed by atoms with E-state index in [1.165, 1.54) is 225 Å². The van der Waals surface area contributed by atoms with Gasteiger partial charge in [0.25, 0.3) is 0 Å². The van der Waals surface area contributed by atoms with E-state index in [0.29, 0.717) is 25.7 Å². The molecule has 0 spiro atoms. The van der Waals surface area contributed by atoms with Crippen LogP contribution in [0.2, 0.25) is 0 Å². The van der Waals surface area contributed by atoms with Crippen molar-refractivity contribution in [1.82, 2.24) is 0 Å². The standard InChI is InChI=1S/C78H152O17P2/c1-6-9-12-15-18-20-22-24-26-28-29-30-31-32-34-36-38-43-48-53-58-63-77(82)95-74(68-89-76(81)62-57-52-47-42-37-35-33-27-25-23-21-19-16-13-10-7-2)70-93-97(86,87)91-66-72(79)65-90-96(84,85)92-69-73(67-88-75(80)61-56-51-45-17-14-11-8-3)94-78(83)64-59-54-49-44-40-39-41-46-50-55-60-71(4)5/h71-74,79H,6-70H2,1-5H3,(H,84,85)(H,86,87)/t72-,73+,74+/m0/s1. The second-order valence-corrected chi connectivity index (χ2v) is 31.5. The summed E-state index contributed by atoms with van der Waals surface area (Å²) in [6, 6.07) is 0. The van der Waals surface area contributed by atoms with Crippen LogP contribution in [0.4, 0.5) is 0 Å². The SMILES string of the molecule is CCCCCCCCCCCCCCCCCCCCCCCC(=O)O[C@H](COC(=O)CCCCCCCCCCCCCCCCCC)COP(=O)(O)OC[C@@H](O)COP(=O)(O)OC[C@@H](COC(=O)CCCCCCCCC)OC(=O)CCCCCCCCCCCCC(C)C. The van der Waals surface area contributed by atoms with Gasteiger partial charge in [-0.05, 0) is 31.6 Å². The number of aliphatic hydroxyl groups excluding tert-OH is 1. The molecule has 3 N–H and O–H groups in total. The van der Waals surface area contributed by atoms with E-state index < -0.39 is 97.5 Å². The molecule has 97 heavy (non-hydrogen) atoms. The van der Waals surface area contributed by atoms with E-state index in [4.69, 9.17) is 37.0 Å². The maximum atomic E-state index is 13.1. The van der Waals surface area contributed by atoms with Crippen LogP contribution in [0.5, 0.6) is 0 Å². The molecule has 0 heterocycles. The number of phosphoric ester groups is 2. The molecule has 0 saturated carbocycles. The van der Waals surface area contributed by atoms with Crippen molar-refractivity contribution in [2.45, 2.75) is 432 Å². The van der Waals surface area contributed by atoms with Crippen molar-refractivity contribution in [2.75, 3.05) is 39.6 Å². The number of ether oxygens (including phenoxy) is 4. The van der Waals surface area contributed by atoms with Gasteiger partial charge in [0, 0.05) is 25.7 Å². The van der Waals surface area contributed by atoms with Gasteiger partial charge in [-0.3, -0.25) is 37.3 Å². The van der Waals surface area contributed by atoms with Crippen molar-refractivity contribution < 1.29 is 80.2 Å². The highest BCUT2D eigenvalue weighted by Gasteiger charge is 2.30. The Morgan fingerprint density at radius 3 is 0.701 bits per heavy atom. The maximum absolute atomic E-state index is 13.1. The van der Waals surface area contributed by atoms with Gasteiger partial charge in [0.05, 0.1) is 26.4 Å². The molecule has 0 radical (unpaired) electrons. The minimum Gasteiger partial charge on any atom is -0.462 e. The third-order valence-electron chi connectivity index (χ3n) is 18.3. The Kier molecular flexibility index (Phi) is 69.6. The van der Waals surface area contributed by atoms with Crippen LogP contribution in [-0.4, -0.2) is 96.7 Å². The summed E-state index contributed by atoms with van der Waals surface area (Å²) in [6.45, 7) is 7.25. The normalized spacial score (nSPS) is 13.9. The number of phosphoric acid groups is 2. The molecule has 576 valence electrons. The molecule has 0 aromatic rings. The molecule has 19 heteroatoms. The van der Waals surface area contributed by atoms with E-state index in [0.717, 1.165) is 109 Å². The third-order valence-corrected chi connectivity index (χ3v) is 20.2. The topological polar surface area (TPSA) is 237 Å². The first-order valence-electron chi connectivity index (χ1n) is 40.6. The van der Waals surface area contributed by atoms with Gasteiger partial charge in [-0.25, -0.2) is 9.13 Å². The highest BCUT2D eigenvalue weighted by molar-refractivity contribution is 7.47. The second kappa shape index (κ2) is 71.1. The van der Waals surface area contributed by atoms with Crippen LogP contribution in [0, 0.1) is 5.92 Å². The first-order chi connectivity index (χ1) is 47.0. The lowest BCUT2D eigenvalue weighted by atomic mass is 10.0. The summed E-state index contributed by atoms with van der Waals surface area (Å²) in [4.78, 5) is 72.7. The van der Waals surface area contributed by atoms with Gasteiger partial charge in [0.2, 0.25) is 0 Å². The molecular formula is C78H152O17P2. The average molecular weight is 1420 g/mol. The molecule has 0 aliphatic carbocycles. The lowest BCUT2D eigenvalue weighted by Crippen LogP contribution is -2.30. The molecule has 0 aliphatic rings. The highest BCUT2D eigenvalue weighted by atomic mass is 31.2. The van der Waals surface area contributed by atoms with Crippen LogP contribution >= 0.6 is 15.6 Å². The van der Waals surface area contributed by atoms with Crippen molar-refractivity contribution in [2.24, 2.45) is 5.92 Å². The Balaban J connectivity index is 5.17. The van der Waals surface area contributed by atoms with Gasteiger partial charge < -0.3 is 33.8 Å². The fraction of sp³-hybridized carbons (Fsp3) is 0.949. The van der Waals surface area contributed by atoms with Crippen LogP contribution in [-0.2, 0) is 65.4 Å². The Morgan fingerprint density at radius 1 is 0.278 bits per heavy atom. The summed E-state index contributed by atoms with van der Waals surface area (Å²) in [5, 5.41) is 10.6. The zero-order valence-corrected chi connectivity index (χ0v) is 65.0. The summed E-state index contributed by atoms with van der Waals surface area (Å²) in [7, 11) is -9.91. The quantitative estimate of drug-likeness (QED) is 0.0222. The zero-order valence-electron chi connectivity index (χ0n) is 63.2. The highest BCUT2D eigenvalue weighted by Crippen LogP contribution is 2.45. The monoisotopic (exact) mass is 1420 g/mol. The molecule has 0 rings (SSSR count). The second-order valence-electron chi connectivity index (χ2n) is 28.6. The lowest BCUT2D eigenvalue weighted by Gasteiger charge is -2.21. The zero-order chi connectivity index (χ0) is 71.2. The fourth-order valence-corrected chi connectivity index (χ4v) is 13.6. The maximum Gasteiger partial charge on any atom is 0.472 e. The van der Waals surface area contributed by atoms with E-state index in [2.05, 4.69) is 34.6 Å². The predicted molar refractivity (Wildman–Crippen MR) is 395 cm³/mol. The molecule has 0 bridgehead atoms. The summed E-state index contributed by atoms with van der Waals surface area (Å²) >= 11 is 0. The van der Waals surface area contributed by atoms with Gasteiger partial charge in [-0.15, -0.1) is 0 Å². The minimum absolute atomic E-state index is 0.106. The van der Waals surface area contributed by atoms with Gasteiger partial charge in [-0.1, -0.05) is 362 Å². The molecule has 0 aliphatic heterocycles. The number of unbranched alkanes of at least 4 members (excludes halogenated alkanes) is 50. The molecule has 5 atom stereocenters. The van der Waals surface area contributed by atoms with E-state index in [1.807, 2.05) is 0 Å². The van der Waals surface area contributed by atoms with Crippen molar-refractivity contribution in [3.63, 3.8) is 0 Å². The lowest BCUT2D eigenvalue weighted by molar-refractivity contribution is -0.161. The van der Waals surface area contributed by atoms with Crippen LogP contribution in [0.1, 0.15) is 413 Å². The van der Waals surface area contributed by atoms with Crippen LogP contribution < -0.4 is 0 Å². The van der Waals surface area contributed by atoms with Crippen molar-refractivity contribution in [3.8, 4) is 0 Å². The average Bonchev–Trinajstić information content (AvgIpc) is 1.44. The largest absolute Gasteiger partial charge is 0.472 e. The van der Waals surface area contributed by atoms with Crippen molar-refractivity contribution in [3.05, 3.63) is 0 Å². The number of carbonyl (C=O) groups excluding carboxylic acids is 4. The molecule has 2 unspecified atom stereocenters. The van der Waals surface area contributed by atoms with Crippen LogP contribution in [0.25, 0.3) is 0 Å². The molecule has 0 fully saturated rings. The first-order valence-corrected chi connectivity index (χ1v) is 43.6. The smallest absolute Gasteiger partial charge is 0.462 e. The van der Waals surface area contributed by atoms with E-state index in [-0.39, 0.29) is 25.7 Å². The van der Waals surface area contributed by atoms with E-state index in [9.17, 15) is 43.2 Å². The minimum atomic E-state index is -4.96. The Morgan fingerprint density at radius 2 is 0.474 bits per heavy atom. The summed E-state index contributed by atoms with van der Waals surface area (Å²) in [5.74, 6) is -1.36. The van der Waals surface area contributed by atoms with Gasteiger partial charge in [-0.2, -0.15) is 0 Å². The first kappa shape index (κ1) is 95.1. The van der Waals surface area contributed by atoms with Crippen molar-refractivity contribution in [1.29, 1.82) is 0 Å². The van der Waals surface area contributed by atoms with E-state index in [1.54, 1.807) is 0 Å². The van der Waals surface area contributed by atoms with E-state index >= 15 is 0 Å². The van der Waals surface area contributed by atoms with Gasteiger partial charge >= 0.3 is 39.5 Å². The molecule has 0 aromatic carbocycles. The number of hydrogen-bond donors (Lipinski definition) is 3. The summed E-state index contributed by atoms with van der Waals surface area (Å²) in [6.07, 6.45) is 61.3.